The van der Waals surface area contributed by atoms with Crippen LogP contribution in [-0.2, 0) is 0 Å². The Kier molecular flexibility index (Phi) is 1.80. The Morgan fingerprint density at radius 2 is 1.94 bits per heavy atom. The number of pyridine rings is 1. The predicted molar refractivity (Wildman–Crippen MR) is 63.7 cm³/mol. The number of nitrogens with zero attached hydrogens (tertiary/aromatic N) is 2. The van der Waals surface area contributed by atoms with Crippen molar-refractivity contribution in [2.75, 3.05) is 0 Å². The SMILES string of the molecule is Cc1cc(=O)nc2ccc3ccccc3n12. The predicted octanol–water partition coefficient (Wildman–Crippen LogP) is 2.16. The van der Waals surface area contributed by atoms with Crippen LogP contribution in [0.4, 0.5) is 0 Å². The molecular formula is C13H10N2O. The molecule has 0 radical (unpaired) electrons. The molecule has 0 N–H and O–H groups in total. The average Bonchev–Trinajstić information content (AvgIpc) is 2.28. The van der Waals surface area contributed by atoms with Gasteiger partial charge in [0.25, 0.3) is 5.56 Å². The maximum absolute atomic E-state index is 11.3. The molecule has 0 saturated heterocycles. The smallest absolute Gasteiger partial charge is 0.273 e. The molecule has 3 rings (SSSR count). The highest BCUT2D eigenvalue weighted by Crippen LogP contribution is 2.16. The molecule has 0 aliphatic carbocycles. The van der Waals surface area contributed by atoms with Gasteiger partial charge in [0.05, 0.1) is 5.52 Å². The third-order valence-corrected chi connectivity index (χ3v) is 2.73. The van der Waals surface area contributed by atoms with Gasteiger partial charge in [-0.2, -0.15) is 4.98 Å². The lowest BCUT2D eigenvalue weighted by atomic mass is 10.2. The molecule has 3 aromatic rings. The van der Waals surface area contributed by atoms with Crippen LogP contribution < -0.4 is 5.56 Å². The highest BCUT2D eigenvalue weighted by atomic mass is 16.1. The van der Waals surface area contributed by atoms with Crippen LogP contribution in [-0.4, -0.2) is 9.38 Å². The van der Waals surface area contributed by atoms with Crippen LogP contribution >= 0.6 is 0 Å². The fourth-order valence-corrected chi connectivity index (χ4v) is 2.04. The van der Waals surface area contributed by atoms with Gasteiger partial charge in [-0.05, 0) is 30.5 Å². The van der Waals surface area contributed by atoms with Gasteiger partial charge in [0, 0.05) is 11.8 Å². The number of rotatable bonds is 0. The fourth-order valence-electron chi connectivity index (χ4n) is 2.04. The molecule has 0 aliphatic rings. The van der Waals surface area contributed by atoms with Gasteiger partial charge in [0.2, 0.25) is 0 Å². The van der Waals surface area contributed by atoms with E-state index in [1.54, 1.807) is 6.07 Å². The van der Waals surface area contributed by atoms with Gasteiger partial charge in [-0.3, -0.25) is 9.20 Å². The molecule has 0 aliphatic heterocycles. The van der Waals surface area contributed by atoms with Gasteiger partial charge in [-0.15, -0.1) is 0 Å². The largest absolute Gasteiger partial charge is 0.298 e. The van der Waals surface area contributed by atoms with Gasteiger partial charge < -0.3 is 0 Å². The minimum absolute atomic E-state index is 0.187. The van der Waals surface area contributed by atoms with E-state index < -0.39 is 0 Å². The van der Waals surface area contributed by atoms with Crippen molar-refractivity contribution in [1.82, 2.24) is 9.38 Å². The molecule has 0 bridgehead atoms. The maximum atomic E-state index is 11.3. The van der Waals surface area contributed by atoms with Gasteiger partial charge in [-0.1, -0.05) is 18.2 Å². The average molecular weight is 210 g/mol. The van der Waals surface area contributed by atoms with Crippen molar-refractivity contribution in [2.45, 2.75) is 6.92 Å². The summed E-state index contributed by atoms with van der Waals surface area (Å²) >= 11 is 0. The molecule has 0 spiro atoms. The first kappa shape index (κ1) is 9.09. The third kappa shape index (κ3) is 1.21. The summed E-state index contributed by atoms with van der Waals surface area (Å²) in [6, 6.07) is 13.5. The lowest BCUT2D eigenvalue weighted by Gasteiger charge is -2.08. The molecule has 2 heterocycles. The van der Waals surface area contributed by atoms with E-state index in [0.29, 0.717) is 5.65 Å². The lowest BCUT2D eigenvalue weighted by Crippen LogP contribution is -2.10. The Labute approximate surface area is 92.0 Å². The maximum Gasteiger partial charge on any atom is 0.273 e. The van der Waals surface area contributed by atoms with E-state index in [1.165, 1.54) is 0 Å². The van der Waals surface area contributed by atoms with E-state index in [0.717, 1.165) is 16.6 Å². The van der Waals surface area contributed by atoms with Crippen LogP contribution in [0.3, 0.4) is 0 Å². The molecule has 2 aromatic heterocycles. The van der Waals surface area contributed by atoms with Crippen molar-refractivity contribution in [1.29, 1.82) is 0 Å². The van der Waals surface area contributed by atoms with E-state index in [-0.39, 0.29) is 5.56 Å². The minimum atomic E-state index is -0.187. The Hall–Kier alpha value is -2.16. The molecule has 0 fully saturated rings. The van der Waals surface area contributed by atoms with Crippen LogP contribution in [0.25, 0.3) is 16.6 Å². The van der Waals surface area contributed by atoms with E-state index >= 15 is 0 Å². The van der Waals surface area contributed by atoms with Gasteiger partial charge in [0.15, 0.2) is 0 Å². The molecular weight excluding hydrogens is 200 g/mol. The summed E-state index contributed by atoms with van der Waals surface area (Å²) in [5.74, 6) is 0. The first-order valence-corrected chi connectivity index (χ1v) is 5.14. The number of para-hydroxylation sites is 1. The number of fused-ring (bicyclic) bond motifs is 3. The van der Waals surface area contributed by atoms with Crippen molar-refractivity contribution in [3.05, 3.63) is 58.5 Å². The summed E-state index contributed by atoms with van der Waals surface area (Å²) in [6.45, 7) is 1.92. The number of benzene rings is 1. The highest BCUT2D eigenvalue weighted by Gasteiger charge is 2.02. The van der Waals surface area contributed by atoms with E-state index in [4.69, 9.17) is 0 Å². The second-order valence-corrected chi connectivity index (χ2v) is 3.82. The summed E-state index contributed by atoms with van der Waals surface area (Å²) in [6.07, 6.45) is 0. The first-order valence-electron chi connectivity index (χ1n) is 5.14. The molecule has 0 saturated carbocycles. The van der Waals surface area contributed by atoms with Crippen LogP contribution in [0.2, 0.25) is 0 Å². The van der Waals surface area contributed by atoms with Crippen LogP contribution in [0.5, 0.6) is 0 Å². The van der Waals surface area contributed by atoms with Crippen molar-refractivity contribution >= 4 is 16.6 Å². The van der Waals surface area contributed by atoms with Crippen LogP contribution in [0.15, 0.2) is 47.3 Å². The van der Waals surface area contributed by atoms with Crippen molar-refractivity contribution < 1.29 is 0 Å². The van der Waals surface area contributed by atoms with Gasteiger partial charge >= 0.3 is 0 Å². The third-order valence-electron chi connectivity index (χ3n) is 2.73. The standard InChI is InChI=1S/C13H10N2O/c1-9-8-13(16)14-12-7-6-10-4-2-3-5-11(10)15(9)12/h2-8H,1H3. The van der Waals surface area contributed by atoms with E-state index in [1.807, 2.05) is 47.7 Å². The van der Waals surface area contributed by atoms with Crippen molar-refractivity contribution in [2.24, 2.45) is 0 Å². The molecule has 1 aromatic carbocycles. The number of hydrogen-bond donors (Lipinski definition) is 0. The number of aromatic nitrogens is 2. The van der Waals surface area contributed by atoms with E-state index in [9.17, 15) is 4.79 Å². The van der Waals surface area contributed by atoms with E-state index in [2.05, 4.69) is 4.98 Å². The zero-order valence-electron chi connectivity index (χ0n) is 8.84. The molecule has 0 atom stereocenters. The Bertz CT molecular complexity index is 744. The van der Waals surface area contributed by atoms with Crippen LogP contribution in [0.1, 0.15) is 5.69 Å². The Morgan fingerprint density at radius 3 is 2.81 bits per heavy atom. The second kappa shape index (κ2) is 3.17. The fraction of sp³-hybridized carbons (Fsp3) is 0.0769. The Balaban J connectivity index is 2.65. The van der Waals surface area contributed by atoms with Gasteiger partial charge in [0.1, 0.15) is 5.65 Å². The first-order chi connectivity index (χ1) is 7.75. The summed E-state index contributed by atoms with van der Waals surface area (Å²) in [5.41, 5.74) is 2.49. The zero-order valence-corrected chi connectivity index (χ0v) is 8.84. The molecule has 16 heavy (non-hydrogen) atoms. The molecule has 3 nitrogen and oxygen atoms in total. The zero-order chi connectivity index (χ0) is 11.1. The van der Waals surface area contributed by atoms with Crippen molar-refractivity contribution in [3.8, 4) is 0 Å². The summed E-state index contributed by atoms with van der Waals surface area (Å²) in [7, 11) is 0. The minimum Gasteiger partial charge on any atom is -0.298 e. The monoisotopic (exact) mass is 210 g/mol. The summed E-state index contributed by atoms with van der Waals surface area (Å²) in [5, 5.41) is 1.14. The highest BCUT2D eigenvalue weighted by molar-refractivity contribution is 5.81. The Morgan fingerprint density at radius 1 is 1.12 bits per heavy atom. The normalized spacial score (nSPS) is 11.1. The lowest BCUT2D eigenvalue weighted by molar-refractivity contribution is 1.05. The summed E-state index contributed by atoms with van der Waals surface area (Å²) < 4.78 is 2.00. The summed E-state index contributed by atoms with van der Waals surface area (Å²) in [4.78, 5) is 15.3. The topological polar surface area (TPSA) is 34.4 Å². The molecule has 3 heteroatoms. The molecule has 0 amide bonds. The van der Waals surface area contributed by atoms with Gasteiger partial charge in [-0.25, -0.2) is 0 Å². The van der Waals surface area contributed by atoms with Crippen LogP contribution in [0, 0.1) is 6.92 Å². The van der Waals surface area contributed by atoms with Crippen molar-refractivity contribution in [3.63, 3.8) is 0 Å². The molecule has 0 unspecified atom stereocenters. The number of aryl methyl sites for hydroxylation is 1. The number of hydrogen-bond acceptors (Lipinski definition) is 2. The molecule has 78 valence electrons. The second-order valence-electron chi connectivity index (χ2n) is 3.82. The quantitative estimate of drug-likeness (QED) is 0.533.